The van der Waals surface area contributed by atoms with Crippen LogP contribution < -0.4 is 0 Å². The molecule has 1 N–H and O–H groups in total. The first-order valence-corrected chi connectivity index (χ1v) is 0.478. The van der Waals surface area contributed by atoms with Crippen molar-refractivity contribution < 1.29 is 28.7 Å². The summed E-state index contributed by atoms with van der Waals surface area (Å²) in [5.41, 5.74) is 0. The van der Waals surface area contributed by atoms with E-state index in [1.807, 2.05) is 0 Å². The first kappa shape index (κ1) is 17.4. The summed E-state index contributed by atoms with van der Waals surface area (Å²) in [6.07, 6.45) is 0. The minimum atomic E-state index is 0. The molecule has 0 amide bonds. The highest BCUT2D eigenvalue weighted by molar-refractivity contribution is 2.51. The molecule has 0 saturated carbocycles. The van der Waals surface area contributed by atoms with E-state index in [-0.39, 0.29) is 4.70 Å². The molecule has 0 aromatic heterocycles. The van der Waals surface area contributed by atoms with Crippen molar-refractivity contribution in [2.45, 2.75) is 0 Å². The van der Waals surface area contributed by atoms with Crippen molar-refractivity contribution in [3.05, 3.63) is 0 Å². The van der Waals surface area contributed by atoms with Gasteiger partial charge < -0.3 is 0 Å². The summed E-state index contributed by atoms with van der Waals surface area (Å²) in [7, 11) is 0. The average molecular weight is 110 g/mol. The zero-order chi connectivity index (χ0) is 4.71. The van der Waals surface area contributed by atoms with Crippen LogP contribution in [0, 0.1) is 0 Å². The molecule has 6 heavy (non-hydrogen) atoms. The summed E-state index contributed by atoms with van der Waals surface area (Å²) in [5, 5.41) is 6.75. The smallest absolute Gasteiger partial charge is 0.0209 e. The second kappa shape index (κ2) is 150. The molecule has 0 bridgehead atoms. The highest BCUT2D eigenvalue weighted by atomic mass is 19.6. The standard InChI is InChI=1S/F2O.FHO.FH/c1-3-2;1-2;/h;2H;1H. The Morgan fingerprint density at radius 3 is 1.17 bits per heavy atom. The Hall–Kier alpha value is -0.360. The summed E-state index contributed by atoms with van der Waals surface area (Å²) < 4.78 is 26.8. The first-order chi connectivity index (χ1) is 2.41. The lowest BCUT2D eigenvalue weighted by Crippen LogP contribution is -1.26. The molecule has 2 nitrogen and oxygen atoms in total. The van der Waals surface area contributed by atoms with E-state index in [4.69, 9.17) is 18.9 Å². The molecule has 0 unspecified atom stereocenters. The van der Waals surface area contributed by atoms with Crippen molar-refractivity contribution in [1.29, 1.82) is 0 Å². The Kier molecular flexibility index (Phi) is 436. The van der Waals surface area contributed by atoms with Gasteiger partial charge in [0.15, 0.2) is 0 Å². The van der Waals surface area contributed by atoms with Gasteiger partial charge in [-0.15, -0.1) is 0 Å². The third-order valence-electron chi connectivity index (χ3n) is 0. The van der Waals surface area contributed by atoms with Crippen molar-refractivity contribution in [1.82, 2.24) is 0 Å². The van der Waals surface area contributed by atoms with Gasteiger partial charge in [-0.05, 0) is 9.05 Å². The minimum absolute atomic E-state index is 0. The Balaban J connectivity index is -0.0000000275. The fourth-order valence-electron chi connectivity index (χ4n) is 0. The van der Waals surface area contributed by atoms with Gasteiger partial charge in [-0.3, -0.25) is 4.70 Å². The van der Waals surface area contributed by atoms with E-state index in [1.165, 1.54) is 5.15 Å². The molecule has 0 aliphatic carbocycles. The van der Waals surface area contributed by atoms with Crippen LogP contribution in [0.5, 0.6) is 0 Å². The summed E-state index contributed by atoms with van der Waals surface area (Å²) in [4.78, 5) is 0. The van der Waals surface area contributed by atoms with E-state index in [0.717, 1.165) is 0 Å². The van der Waals surface area contributed by atoms with E-state index < -0.39 is 0 Å². The van der Waals surface area contributed by atoms with Crippen molar-refractivity contribution in [3.63, 3.8) is 0 Å². The lowest BCUT2D eigenvalue weighted by atomic mass is 15.4. The van der Waals surface area contributed by atoms with Gasteiger partial charge in [0, 0.05) is 5.15 Å². The molecule has 42 valence electrons. The molecular weight excluding hydrogens is 108 g/mol. The second-order valence-electron chi connectivity index (χ2n) is 0.0583. The molecule has 6 heteroatoms. The van der Waals surface area contributed by atoms with Crippen LogP contribution in [0.4, 0.5) is 18.3 Å². The van der Waals surface area contributed by atoms with E-state index in [0.29, 0.717) is 0 Å². The molecule has 0 aliphatic heterocycles. The van der Waals surface area contributed by atoms with E-state index in [1.54, 1.807) is 0 Å². The quantitative estimate of drug-likeness (QED) is 0.467. The monoisotopic (exact) mass is 110 g/mol. The van der Waals surface area contributed by atoms with Gasteiger partial charge in [-0.25, -0.2) is 5.31 Å². The fraction of sp³-hybridized carbons (Fsp3) is 0. The zero-order valence-electron chi connectivity index (χ0n) is 2.40. The van der Waals surface area contributed by atoms with Gasteiger partial charge in [0.2, 0.25) is 0 Å². The molecule has 0 atom stereocenters. The van der Waals surface area contributed by atoms with Gasteiger partial charge in [-0.2, -0.15) is 0 Å². The van der Waals surface area contributed by atoms with Crippen molar-refractivity contribution in [3.8, 4) is 0 Å². The Bertz CT molecular complexity index is 5.51. The maximum Gasteiger partial charge on any atom is 0.0209 e. The van der Waals surface area contributed by atoms with Crippen LogP contribution >= 0.6 is 0 Å². The first-order valence-electron chi connectivity index (χ1n) is 0.478. The molecule has 0 spiro atoms. The SMILES string of the molecule is F.FOF.OF. The zero-order valence-corrected chi connectivity index (χ0v) is 2.40. The maximum absolute atomic E-state index is 9.12. The van der Waals surface area contributed by atoms with Gasteiger partial charge in [0.25, 0.3) is 0 Å². The largest absolute Gasteiger partial charge is 0.269 e. The van der Waals surface area contributed by atoms with E-state index in [2.05, 4.69) is 0 Å². The average Bonchev–Trinajstić information content (AvgIpc) is 1.46. The highest BCUT2D eigenvalue weighted by Gasteiger charge is 1.42. The van der Waals surface area contributed by atoms with Gasteiger partial charge in [0.05, 0.1) is 0 Å². The molecule has 0 radical (unpaired) electrons. The minimum Gasteiger partial charge on any atom is -0.269 e. The molecule has 0 heterocycles. The summed E-state index contributed by atoms with van der Waals surface area (Å²) in [6.45, 7) is 0. The second-order valence-corrected chi connectivity index (χ2v) is 0.0583. The van der Waals surface area contributed by atoms with Gasteiger partial charge >= 0.3 is 0 Å². The van der Waals surface area contributed by atoms with Crippen molar-refractivity contribution in [2.24, 2.45) is 0 Å². The maximum atomic E-state index is 9.12. The summed E-state index contributed by atoms with van der Waals surface area (Å²) in [6, 6.07) is 0. The van der Waals surface area contributed by atoms with Crippen LogP contribution in [-0.2, 0) is 5.15 Å². The van der Waals surface area contributed by atoms with Crippen molar-refractivity contribution >= 4 is 0 Å². The molecule has 0 aromatic carbocycles. The van der Waals surface area contributed by atoms with Crippen LogP contribution in [0.1, 0.15) is 0 Å². The summed E-state index contributed by atoms with van der Waals surface area (Å²) in [5.74, 6) is 0. The molecule has 0 saturated heterocycles. The number of hydrogen-bond donors (Lipinski definition) is 1. The van der Waals surface area contributed by atoms with Crippen LogP contribution in [0.3, 0.4) is 0 Å². The van der Waals surface area contributed by atoms with Gasteiger partial charge in [0.1, 0.15) is 0 Å². The summed E-state index contributed by atoms with van der Waals surface area (Å²) >= 11 is 0. The molecule has 0 fully saturated rings. The predicted octanol–water partition coefficient (Wildman–Crippen LogP) is 0.788. The Morgan fingerprint density at radius 1 is 1.17 bits per heavy atom. The van der Waals surface area contributed by atoms with Crippen LogP contribution in [0.25, 0.3) is 0 Å². The number of halogens is 4. The molecular formula is H2F4O2. The van der Waals surface area contributed by atoms with E-state index >= 15 is 0 Å². The lowest BCUT2D eigenvalue weighted by molar-refractivity contribution is -0.317. The predicted molar refractivity (Wildman–Crippen MR) is 9.13 cm³/mol. The highest BCUT2D eigenvalue weighted by Crippen LogP contribution is 1.61. The van der Waals surface area contributed by atoms with Gasteiger partial charge in [-0.1, -0.05) is 4.53 Å². The lowest BCUT2D eigenvalue weighted by Gasteiger charge is -1.41. The molecule has 0 aliphatic rings. The van der Waals surface area contributed by atoms with Crippen LogP contribution in [0.15, 0.2) is 0 Å². The normalized spacial score (nSPS) is 4.00. The Morgan fingerprint density at radius 2 is 1.17 bits per heavy atom. The topological polar surface area (TPSA) is 29.5 Å². The fourth-order valence-corrected chi connectivity index (χ4v) is 0. The number of hydrogen-bond acceptors (Lipinski definition) is 2. The number of rotatable bonds is 0. The molecule has 0 rings (SSSR count). The Labute approximate surface area is 30.2 Å². The molecule has 0 aromatic rings. The van der Waals surface area contributed by atoms with E-state index in [9.17, 15) is 0 Å². The van der Waals surface area contributed by atoms with Crippen molar-refractivity contribution in [2.75, 3.05) is 0 Å². The van der Waals surface area contributed by atoms with Crippen LogP contribution in [-0.4, -0.2) is 5.31 Å². The third-order valence-corrected chi connectivity index (χ3v) is 0. The van der Waals surface area contributed by atoms with Crippen LogP contribution in [0.2, 0.25) is 0 Å². The third kappa shape index (κ3) is 196.